The van der Waals surface area contributed by atoms with Gasteiger partial charge in [0.05, 0.1) is 5.56 Å². The van der Waals surface area contributed by atoms with Gasteiger partial charge in [-0.1, -0.05) is 6.07 Å². The molecule has 1 N–H and O–H groups in total. The van der Waals surface area contributed by atoms with Crippen LogP contribution in [-0.4, -0.2) is 50.0 Å². The molecule has 0 unspecified atom stereocenters. The Balaban J connectivity index is 2.91. The Morgan fingerprint density at radius 2 is 1.71 bits per heavy atom. The first kappa shape index (κ1) is 16.8. The third kappa shape index (κ3) is 4.97. The first-order valence-corrected chi connectivity index (χ1v) is 6.03. The topological polar surface area (TPSA) is 47.9 Å². The van der Waals surface area contributed by atoms with Crippen molar-refractivity contribution in [3.8, 4) is 0 Å². The van der Waals surface area contributed by atoms with Crippen molar-refractivity contribution in [1.29, 1.82) is 0 Å². The van der Waals surface area contributed by atoms with Gasteiger partial charge < -0.3 is 15.1 Å². The van der Waals surface area contributed by atoms with Gasteiger partial charge in [0, 0.05) is 33.9 Å². The Bertz CT molecular complexity index is 528. The molecule has 0 aliphatic heterocycles. The molecule has 116 valence electrons. The van der Waals surface area contributed by atoms with Crippen LogP contribution in [0.4, 0.5) is 23.7 Å². The summed E-state index contributed by atoms with van der Waals surface area (Å²) in [4.78, 5) is 18.8. The number of hydrogen-bond donors (Lipinski definition) is 1. The summed E-state index contributed by atoms with van der Waals surface area (Å²) in [7, 11) is 6.82. The van der Waals surface area contributed by atoms with Crippen molar-refractivity contribution in [3.05, 3.63) is 29.8 Å². The minimum Gasteiger partial charge on any atom is -0.349 e. The molecule has 0 aliphatic rings. The minimum atomic E-state index is -4.46. The Kier molecular flexibility index (Phi) is 5.17. The number of halogens is 3. The molecule has 0 saturated carbocycles. The number of benzene rings is 1. The van der Waals surface area contributed by atoms with E-state index in [1.54, 1.807) is 38.0 Å². The van der Waals surface area contributed by atoms with E-state index in [4.69, 9.17) is 0 Å². The molecule has 5 nitrogen and oxygen atoms in total. The van der Waals surface area contributed by atoms with Crippen molar-refractivity contribution in [2.45, 2.75) is 6.18 Å². The zero-order valence-corrected chi connectivity index (χ0v) is 12.2. The fraction of sp³-hybridized carbons (Fsp3) is 0.385. The third-order valence-electron chi connectivity index (χ3n) is 2.44. The first-order chi connectivity index (χ1) is 9.61. The lowest BCUT2D eigenvalue weighted by Gasteiger charge is -2.22. The fourth-order valence-electron chi connectivity index (χ4n) is 1.62. The molecule has 21 heavy (non-hydrogen) atoms. The average Bonchev–Trinajstić information content (AvgIpc) is 2.34. The lowest BCUT2D eigenvalue weighted by Crippen LogP contribution is -2.36. The summed E-state index contributed by atoms with van der Waals surface area (Å²) < 4.78 is 37.7. The third-order valence-corrected chi connectivity index (χ3v) is 2.44. The molecule has 1 aromatic carbocycles. The predicted molar refractivity (Wildman–Crippen MR) is 75.3 cm³/mol. The zero-order chi connectivity index (χ0) is 16.2. The highest BCUT2D eigenvalue weighted by Gasteiger charge is 2.30. The van der Waals surface area contributed by atoms with E-state index in [0.717, 1.165) is 12.1 Å². The van der Waals surface area contributed by atoms with Crippen molar-refractivity contribution in [2.75, 3.05) is 33.5 Å². The molecule has 0 spiro atoms. The van der Waals surface area contributed by atoms with Crippen LogP contribution in [0, 0.1) is 0 Å². The van der Waals surface area contributed by atoms with E-state index in [-0.39, 0.29) is 5.69 Å². The van der Waals surface area contributed by atoms with Crippen LogP contribution in [0.2, 0.25) is 0 Å². The highest BCUT2D eigenvalue weighted by atomic mass is 19.4. The van der Waals surface area contributed by atoms with Gasteiger partial charge in [0.25, 0.3) is 0 Å². The number of nitrogens with one attached hydrogen (secondary N) is 1. The number of rotatable bonds is 1. The molecule has 0 aliphatic carbocycles. The number of hydrogen-bond acceptors (Lipinski definition) is 1. The van der Waals surface area contributed by atoms with Crippen LogP contribution in [-0.2, 0) is 6.18 Å². The van der Waals surface area contributed by atoms with Crippen LogP contribution in [0.3, 0.4) is 0 Å². The summed E-state index contributed by atoms with van der Waals surface area (Å²) in [6, 6.07) is 3.64. The summed E-state index contributed by atoms with van der Waals surface area (Å²) in [5.41, 5.74) is -0.792. The molecule has 0 saturated heterocycles. The molecule has 0 aromatic heterocycles. The van der Waals surface area contributed by atoms with Gasteiger partial charge in [-0.2, -0.15) is 18.2 Å². The summed E-state index contributed by atoms with van der Waals surface area (Å²) in [6.07, 6.45) is -4.46. The largest absolute Gasteiger partial charge is 0.416 e. The molecular weight excluding hydrogens is 285 g/mol. The molecule has 0 bridgehead atoms. The number of aliphatic imine (C=N–C) groups is 1. The second kappa shape index (κ2) is 6.47. The normalized spacial score (nSPS) is 10.8. The SMILES string of the molecule is CN(C)C(=NC(=O)Nc1cccc(C(F)(F)F)c1)N(C)C. The second-order valence-corrected chi connectivity index (χ2v) is 4.71. The summed E-state index contributed by atoms with van der Waals surface area (Å²) in [6.45, 7) is 0. The molecule has 8 heteroatoms. The smallest absolute Gasteiger partial charge is 0.349 e. The maximum Gasteiger partial charge on any atom is 0.416 e. The molecule has 1 rings (SSSR count). The van der Waals surface area contributed by atoms with E-state index >= 15 is 0 Å². The fourth-order valence-corrected chi connectivity index (χ4v) is 1.62. The van der Waals surface area contributed by atoms with Crippen LogP contribution in [0.25, 0.3) is 0 Å². The minimum absolute atomic E-state index is 0.0374. The zero-order valence-electron chi connectivity index (χ0n) is 12.2. The van der Waals surface area contributed by atoms with Gasteiger partial charge in [0.2, 0.25) is 5.96 Å². The highest BCUT2D eigenvalue weighted by Crippen LogP contribution is 2.30. The number of alkyl halides is 3. The van der Waals surface area contributed by atoms with Crippen LogP contribution in [0.1, 0.15) is 5.56 Å². The van der Waals surface area contributed by atoms with Crippen LogP contribution >= 0.6 is 0 Å². The Morgan fingerprint density at radius 1 is 1.14 bits per heavy atom. The van der Waals surface area contributed by atoms with Crippen molar-refractivity contribution >= 4 is 17.7 Å². The molecule has 1 aromatic rings. The van der Waals surface area contributed by atoms with Crippen molar-refractivity contribution in [2.24, 2.45) is 4.99 Å². The monoisotopic (exact) mass is 302 g/mol. The maximum atomic E-state index is 12.6. The quantitative estimate of drug-likeness (QED) is 0.641. The second-order valence-electron chi connectivity index (χ2n) is 4.71. The number of carbonyl (C=O) groups is 1. The summed E-state index contributed by atoms with van der Waals surface area (Å²) in [5, 5.41) is 2.31. The lowest BCUT2D eigenvalue weighted by atomic mass is 10.2. The Labute approximate surface area is 121 Å². The number of guanidine groups is 1. The van der Waals surface area contributed by atoms with Crippen molar-refractivity contribution < 1.29 is 18.0 Å². The van der Waals surface area contributed by atoms with Gasteiger partial charge in [-0.3, -0.25) is 0 Å². The van der Waals surface area contributed by atoms with Crippen LogP contribution in [0.15, 0.2) is 29.3 Å². The maximum absolute atomic E-state index is 12.6. The van der Waals surface area contributed by atoms with Gasteiger partial charge in [-0.15, -0.1) is 0 Å². The van der Waals surface area contributed by atoms with E-state index in [1.165, 1.54) is 12.1 Å². The van der Waals surface area contributed by atoms with E-state index in [1.807, 2.05) is 0 Å². The van der Waals surface area contributed by atoms with Gasteiger partial charge >= 0.3 is 12.2 Å². The van der Waals surface area contributed by atoms with Gasteiger partial charge in [-0.05, 0) is 18.2 Å². The number of carbonyl (C=O) groups excluding carboxylic acids is 1. The van der Waals surface area contributed by atoms with Crippen LogP contribution in [0.5, 0.6) is 0 Å². The Hall–Kier alpha value is -2.25. The highest BCUT2D eigenvalue weighted by molar-refractivity contribution is 5.98. The molecule has 0 atom stereocenters. The summed E-state index contributed by atoms with van der Waals surface area (Å²) in [5.74, 6) is 0.375. The van der Waals surface area contributed by atoms with E-state index in [2.05, 4.69) is 10.3 Å². The van der Waals surface area contributed by atoms with Gasteiger partial charge in [0.15, 0.2) is 0 Å². The lowest BCUT2D eigenvalue weighted by molar-refractivity contribution is -0.137. The van der Waals surface area contributed by atoms with Gasteiger partial charge in [0.1, 0.15) is 0 Å². The first-order valence-electron chi connectivity index (χ1n) is 6.03. The average molecular weight is 302 g/mol. The molecule has 0 heterocycles. The molecule has 0 fully saturated rings. The molecular formula is C13H17F3N4O. The number of amides is 2. The van der Waals surface area contributed by atoms with Crippen molar-refractivity contribution in [3.63, 3.8) is 0 Å². The standard InChI is InChI=1S/C13H17F3N4O/c1-19(2)12(20(3)4)18-11(21)17-10-7-5-6-9(8-10)13(14,15)16/h5-8H,1-4H3,(H,17,21). The molecule has 0 radical (unpaired) electrons. The van der Waals surface area contributed by atoms with Gasteiger partial charge in [-0.25, -0.2) is 4.79 Å². The summed E-state index contributed by atoms with van der Waals surface area (Å²) >= 11 is 0. The Morgan fingerprint density at radius 3 is 2.19 bits per heavy atom. The molecule has 2 amide bonds. The number of anilines is 1. The van der Waals surface area contributed by atoms with Crippen molar-refractivity contribution in [1.82, 2.24) is 9.80 Å². The van der Waals surface area contributed by atoms with Crippen LogP contribution < -0.4 is 5.32 Å². The number of urea groups is 1. The number of nitrogens with zero attached hydrogens (tertiary/aromatic N) is 3. The predicted octanol–water partition coefficient (Wildman–Crippen LogP) is 2.72. The van der Waals surface area contributed by atoms with E-state index in [0.29, 0.717) is 5.96 Å². The van der Waals surface area contributed by atoms with E-state index in [9.17, 15) is 18.0 Å². The van der Waals surface area contributed by atoms with E-state index < -0.39 is 17.8 Å².